The van der Waals surface area contributed by atoms with E-state index in [2.05, 4.69) is 44.5 Å². The van der Waals surface area contributed by atoms with E-state index in [9.17, 15) is 0 Å². The van der Waals surface area contributed by atoms with E-state index in [0.717, 1.165) is 0 Å². The molecule has 0 aromatic heterocycles. The Labute approximate surface area is 130 Å². The van der Waals surface area contributed by atoms with Gasteiger partial charge in [0.1, 0.15) is 0 Å². The summed E-state index contributed by atoms with van der Waals surface area (Å²) >= 11 is 0. The maximum Gasteiger partial charge on any atom is 0 e. The predicted molar refractivity (Wildman–Crippen MR) is 48.4 cm³/mol. The topological polar surface area (TPSA) is 0 Å². The number of benzene rings is 1. The van der Waals surface area contributed by atoms with Crippen LogP contribution in [0.1, 0.15) is 37.8 Å². The van der Waals surface area contributed by atoms with Crippen molar-refractivity contribution in [1.82, 2.24) is 0 Å². The van der Waals surface area contributed by atoms with Gasteiger partial charge in [-0.2, -0.15) is 12.1 Å². The summed E-state index contributed by atoms with van der Waals surface area (Å²) in [5.74, 6) is 0.608. The fraction of sp³-hybridized carbons (Fsp3) is 0.364. The smallest absolute Gasteiger partial charge is 0 e. The molecule has 3 heteroatoms. The van der Waals surface area contributed by atoms with Crippen LogP contribution in [0.5, 0.6) is 0 Å². The Morgan fingerprint density at radius 2 is 1.71 bits per heavy atom. The molecule has 14 heavy (non-hydrogen) atoms. The van der Waals surface area contributed by atoms with Gasteiger partial charge >= 0.3 is 0 Å². The molecule has 0 bridgehead atoms. The van der Waals surface area contributed by atoms with Gasteiger partial charge in [-0.05, 0) is 5.92 Å². The van der Waals surface area contributed by atoms with E-state index in [1.165, 1.54) is 11.1 Å². The molecular weight excluding hydrogens is 684 g/mol. The molecule has 1 rings (SSSR count). The van der Waals surface area contributed by atoms with E-state index in [1.54, 1.807) is 0 Å². The number of hydrogen-bond acceptors (Lipinski definition) is 0. The molecule has 0 saturated carbocycles. The molecule has 0 fully saturated rings. The molecule has 0 unspecified atom stereocenters. The van der Waals surface area contributed by atoms with E-state index < -0.39 is 0 Å². The summed E-state index contributed by atoms with van der Waals surface area (Å²) in [5.41, 5.74) is 2.53. The predicted octanol–water partition coefficient (Wildman–Crippen LogP) is 3.17. The molecule has 0 radical (unpaired) electrons. The zero-order valence-electron chi connectivity index (χ0n) is 8.61. The molecule has 0 aliphatic heterocycles. The van der Waals surface area contributed by atoms with Crippen LogP contribution in [0.3, 0.4) is 0 Å². The third-order valence-electron chi connectivity index (χ3n) is 1.84. The first-order valence-electron chi connectivity index (χ1n) is 4.05. The normalized spacial score (nSPS) is 8.00. The summed E-state index contributed by atoms with van der Waals surface area (Å²) in [6, 6.07) is 9.55. The quantitative estimate of drug-likeness (QED) is 0.417. The summed E-state index contributed by atoms with van der Waals surface area (Å²) in [6.07, 6.45) is 2.06. The summed E-state index contributed by atoms with van der Waals surface area (Å²) in [4.78, 5) is 0. The average Bonchev–Trinajstić information content (AvgIpc) is 2.05. The average molecular weight is 698 g/mol. The summed E-state index contributed by atoms with van der Waals surface area (Å²) in [6.45, 7) is 6.41. The minimum absolute atomic E-state index is 0. The second-order valence-corrected chi connectivity index (χ2v) is 3.02. The Morgan fingerprint density at radius 1 is 1.14 bits per heavy atom. The fourth-order valence-corrected chi connectivity index (χ4v) is 0.988. The van der Waals surface area contributed by atoms with Gasteiger partial charge in [0.05, 0.1) is 0 Å². The van der Waals surface area contributed by atoms with Crippen molar-refractivity contribution in [2.24, 2.45) is 0 Å². The minimum atomic E-state index is 0. The monoisotopic (exact) mass is 698 g/mol. The SMILES string of the molecule is C[CH-]c1[c-]cc(C(C)C)cc1.[W].[W].[W]. The molecule has 1 aromatic carbocycles. The number of hydrogen-bond donors (Lipinski definition) is 0. The van der Waals surface area contributed by atoms with Gasteiger partial charge in [0.2, 0.25) is 0 Å². The van der Waals surface area contributed by atoms with Crippen LogP contribution in [-0.4, -0.2) is 0 Å². The molecule has 0 heterocycles. The Morgan fingerprint density at radius 3 is 2.00 bits per heavy atom. The van der Waals surface area contributed by atoms with E-state index >= 15 is 0 Å². The Hall–Kier alpha value is 1.15. The first-order valence-corrected chi connectivity index (χ1v) is 4.05. The maximum absolute atomic E-state index is 3.21. The van der Waals surface area contributed by atoms with Gasteiger partial charge in [-0.1, -0.05) is 19.4 Å². The van der Waals surface area contributed by atoms with Gasteiger partial charge in [-0.15, -0.1) is 6.92 Å². The second kappa shape index (κ2) is 10.7. The zero-order valence-corrected chi connectivity index (χ0v) is 17.4. The van der Waals surface area contributed by atoms with Gasteiger partial charge < -0.3 is 18.1 Å². The Kier molecular flexibility index (Phi) is 15.7. The van der Waals surface area contributed by atoms with Crippen molar-refractivity contribution in [1.29, 1.82) is 0 Å². The summed E-state index contributed by atoms with van der Waals surface area (Å²) < 4.78 is 0. The molecule has 0 nitrogen and oxygen atoms in total. The zero-order chi connectivity index (χ0) is 8.27. The van der Waals surface area contributed by atoms with Gasteiger partial charge in [0.15, 0.2) is 0 Å². The van der Waals surface area contributed by atoms with Crippen molar-refractivity contribution in [2.75, 3.05) is 0 Å². The van der Waals surface area contributed by atoms with Gasteiger partial charge in [0.25, 0.3) is 0 Å². The molecule has 0 amide bonds. The second-order valence-electron chi connectivity index (χ2n) is 3.02. The van der Waals surface area contributed by atoms with Crippen molar-refractivity contribution in [3.05, 3.63) is 41.8 Å². The van der Waals surface area contributed by atoms with E-state index in [4.69, 9.17) is 0 Å². The Balaban J connectivity index is -0.000000403. The molecule has 0 aliphatic carbocycles. The molecule has 0 aliphatic rings. The molecule has 0 atom stereocenters. The van der Waals surface area contributed by atoms with Crippen LogP contribution in [-0.2, 0) is 63.2 Å². The maximum atomic E-state index is 3.21. The largest absolute Gasteiger partial charge is 0.371 e. The third kappa shape index (κ3) is 6.60. The van der Waals surface area contributed by atoms with Crippen molar-refractivity contribution < 1.29 is 63.2 Å². The van der Waals surface area contributed by atoms with E-state index in [-0.39, 0.29) is 63.2 Å². The van der Waals surface area contributed by atoms with Crippen molar-refractivity contribution >= 4 is 0 Å². The summed E-state index contributed by atoms with van der Waals surface area (Å²) in [7, 11) is 0. The third-order valence-corrected chi connectivity index (χ3v) is 1.84. The van der Waals surface area contributed by atoms with E-state index in [0.29, 0.717) is 5.92 Å². The summed E-state index contributed by atoms with van der Waals surface area (Å²) in [5, 5.41) is 0. The molecule has 0 spiro atoms. The molecule has 1 aromatic rings. The van der Waals surface area contributed by atoms with Gasteiger partial charge in [0, 0.05) is 63.2 Å². The first kappa shape index (κ1) is 20.6. The van der Waals surface area contributed by atoms with Crippen LogP contribution in [0.2, 0.25) is 0 Å². The van der Waals surface area contributed by atoms with E-state index in [1.807, 2.05) is 6.92 Å². The van der Waals surface area contributed by atoms with Crippen molar-refractivity contribution in [2.45, 2.75) is 26.7 Å². The molecular formula is C11H14W3-2. The minimum Gasteiger partial charge on any atom is -0.371 e. The molecule has 0 N–H and O–H groups in total. The van der Waals surface area contributed by atoms with Crippen molar-refractivity contribution in [3.8, 4) is 0 Å². The van der Waals surface area contributed by atoms with Crippen LogP contribution in [0.25, 0.3) is 0 Å². The molecule has 78 valence electrons. The Bertz CT molecular complexity index is 216. The van der Waals surface area contributed by atoms with Crippen molar-refractivity contribution in [3.63, 3.8) is 0 Å². The van der Waals surface area contributed by atoms with Crippen LogP contribution < -0.4 is 0 Å². The van der Waals surface area contributed by atoms with Crippen LogP contribution in [0, 0.1) is 12.5 Å². The standard InChI is InChI=1S/C11H14.3W/c1-4-10-5-7-11(8-6-10)9(2)3;;;/h4-5,7-9H,1-3H3;;;/q-2;;;. The fourth-order valence-electron chi connectivity index (χ4n) is 0.988. The van der Waals surface area contributed by atoms with Crippen LogP contribution in [0.4, 0.5) is 0 Å². The van der Waals surface area contributed by atoms with Gasteiger partial charge in [-0.3, -0.25) is 6.07 Å². The van der Waals surface area contributed by atoms with Gasteiger partial charge in [-0.25, -0.2) is 0 Å². The first-order chi connectivity index (χ1) is 5.24. The van der Waals surface area contributed by atoms with Crippen LogP contribution in [0.15, 0.2) is 18.2 Å². The molecule has 0 saturated heterocycles. The van der Waals surface area contributed by atoms with Crippen LogP contribution >= 0.6 is 0 Å². The number of rotatable bonds is 2.